The molecular weight excluding hydrogens is 254 g/mol. The maximum atomic E-state index is 12.1. The molecule has 1 amide bonds. The van der Waals surface area contributed by atoms with Crippen molar-refractivity contribution in [2.45, 2.75) is 26.2 Å². The van der Waals surface area contributed by atoms with Crippen LogP contribution in [-0.4, -0.2) is 35.0 Å². The first kappa shape index (κ1) is 16.0. The lowest BCUT2D eigenvalue weighted by Crippen LogP contribution is -2.32. The fraction of sp³-hybridized carbons (Fsp3) is 0.375. The zero-order chi connectivity index (χ0) is 14.8. The second-order valence-corrected chi connectivity index (χ2v) is 4.57. The van der Waals surface area contributed by atoms with E-state index >= 15 is 0 Å². The van der Waals surface area contributed by atoms with Gasteiger partial charge in [-0.2, -0.15) is 0 Å². The molecule has 0 bridgehead atoms. The monoisotopic (exact) mass is 275 g/mol. The van der Waals surface area contributed by atoms with Crippen LogP contribution in [0, 0.1) is 0 Å². The number of aliphatic carboxylic acids is 1. The Morgan fingerprint density at radius 3 is 2.50 bits per heavy atom. The summed E-state index contributed by atoms with van der Waals surface area (Å²) in [5.74, 6) is -1.02. The van der Waals surface area contributed by atoms with Crippen LogP contribution >= 0.6 is 0 Å². The summed E-state index contributed by atoms with van der Waals surface area (Å²) in [5.41, 5.74) is 0.953. The Bertz CT molecular complexity index is 454. The van der Waals surface area contributed by atoms with E-state index in [9.17, 15) is 9.59 Å². The van der Waals surface area contributed by atoms with Gasteiger partial charge < -0.3 is 10.0 Å². The number of hydrogen-bond acceptors (Lipinski definition) is 2. The van der Waals surface area contributed by atoms with E-state index in [0.29, 0.717) is 6.54 Å². The van der Waals surface area contributed by atoms with Gasteiger partial charge >= 0.3 is 5.97 Å². The van der Waals surface area contributed by atoms with Crippen LogP contribution in [0.5, 0.6) is 0 Å². The van der Waals surface area contributed by atoms with Crippen molar-refractivity contribution in [3.63, 3.8) is 0 Å². The van der Waals surface area contributed by atoms with Gasteiger partial charge in [-0.25, -0.2) is 0 Å². The summed E-state index contributed by atoms with van der Waals surface area (Å²) in [5, 5.41) is 8.72. The van der Waals surface area contributed by atoms with Gasteiger partial charge in [-0.15, -0.1) is 0 Å². The van der Waals surface area contributed by atoms with E-state index < -0.39 is 5.97 Å². The highest BCUT2D eigenvalue weighted by Crippen LogP contribution is 2.04. The SMILES string of the molecule is CCCCN(CCC(=O)O)C(=O)/C=C/c1ccccc1. The van der Waals surface area contributed by atoms with Crippen molar-refractivity contribution in [2.75, 3.05) is 13.1 Å². The first-order chi connectivity index (χ1) is 9.63. The molecule has 0 heterocycles. The minimum atomic E-state index is -0.883. The molecule has 0 atom stereocenters. The van der Waals surface area contributed by atoms with Crippen LogP contribution in [0.15, 0.2) is 36.4 Å². The lowest BCUT2D eigenvalue weighted by Gasteiger charge is -2.20. The van der Waals surface area contributed by atoms with Gasteiger partial charge in [0.05, 0.1) is 6.42 Å². The predicted octanol–water partition coefficient (Wildman–Crippen LogP) is 2.80. The van der Waals surface area contributed by atoms with Gasteiger partial charge in [0.25, 0.3) is 0 Å². The van der Waals surface area contributed by atoms with Crippen LogP contribution < -0.4 is 0 Å². The number of hydrogen-bond donors (Lipinski definition) is 1. The Morgan fingerprint density at radius 1 is 1.20 bits per heavy atom. The Hall–Kier alpha value is -2.10. The summed E-state index contributed by atoms with van der Waals surface area (Å²) < 4.78 is 0. The number of carboxylic acid groups (broad SMARTS) is 1. The maximum absolute atomic E-state index is 12.1. The van der Waals surface area contributed by atoms with Crippen molar-refractivity contribution in [3.05, 3.63) is 42.0 Å². The normalized spacial score (nSPS) is 10.7. The third kappa shape index (κ3) is 6.18. The molecule has 0 aliphatic carbocycles. The lowest BCUT2D eigenvalue weighted by atomic mass is 10.2. The molecule has 0 saturated carbocycles. The molecule has 1 aromatic carbocycles. The van der Waals surface area contributed by atoms with Gasteiger partial charge in [-0.3, -0.25) is 9.59 Å². The van der Waals surface area contributed by atoms with Gasteiger partial charge in [0.1, 0.15) is 0 Å². The number of rotatable bonds is 8. The number of amides is 1. The van der Waals surface area contributed by atoms with E-state index in [-0.39, 0.29) is 18.9 Å². The number of carbonyl (C=O) groups excluding carboxylic acids is 1. The zero-order valence-corrected chi connectivity index (χ0v) is 11.8. The molecule has 0 unspecified atom stereocenters. The summed E-state index contributed by atoms with van der Waals surface area (Å²) in [6.07, 6.45) is 5.09. The lowest BCUT2D eigenvalue weighted by molar-refractivity contribution is -0.138. The van der Waals surface area contributed by atoms with Gasteiger partial charge in [0.15, 0.2) is 0 Å². The van der Waals surface area contributed by atoms with Gasteiger partial charge in [-0.1, -0.05) is 43.7 Å². The number of carbonyl (C=O) groups is 2. The molecule has 0 spiro atoms. The zero-order valence-electron chi connectivity index (χ0n) is 11.8. The molecular formula is C16H21NO3. The number of unbranched alkanes of at least 4 members (excludes halogenated alkanes) is 1. The molecule has 0 fully saturated rings. The Kier molecular flexibility index (Phi) is 7.11. The average Bonchev–Trinajstić information content (AvgIpc) is 2.45. The first-order valence-corrected chi connectivity index (χ1v) is 6.87. The van der Waals surface area contributed by atoms with Gasteiger partial charge in [0, 0.05) is 19.2 Å². The Morgan fingerprint density at radius 2 is 1.90 bits per heavy atom. The van der Waals surface area contributed by atoms with Crippen molar-refractivity contribution >= 4 is 18.0 Å². The molecule has 0 radical (unpaired) electrons. The summed E-state index contributed by atoms with van der Waals surface area (Å²) in [6, 6.07) is 9.56. The maximum Gasteiger partial charge on any atom is 0.305 e. The average molecular weight is 275 g/mol. The standard InChI is InChI=1S/C16H21NO3/c1-2-3-12-17(13-11-16(19)20)15(18)10-9-14-7-5-4-6-8-14/h4-10H,2-3,11-13H2,1H3,(H,19,20)/b10-9+. The van der Waals surface area contributed by atoms with Crippen LogP contribution in [0.2, 0.25) is 0 Å². The van der Waals surface area contributed by atoms with Gasteiger partial charge in [-0.05, 0) is 18.1 Å². The first-order valence-electron chi connectivity index (χ1n) is 6.87. The van der Waals surface area contributed by atoms with Crippen molar-refractivity contribution < 1.29 is 14.7 Å². The molecule has 108 valence electrons. The summed E-state index contributed by atoms with van der Waals surface area (Å²) in [4.78, 5) is 24.3. The van der Waals surface area contributed by atoms with E-state index in [1.54, 1.807) is 11.0 Å². The highest BCUT2D eigenvalue weighted by atomic mass is 16.4. The molecule has 0 aliphatic heterocycles. The number of nitrogens with zero attached hydrogens (tertiary/aromatic N) is 1. The van der Waals surface area contributed by atoms with E-state index in [1.807, 2.05) is 37.3 Å². The summed E-state index contributed by atoms with van der Waals surface area (Å²) in [6.45, 7) is 2.90. The highest BCUT2D eigenvalue weighted by molar-refractivity contribution is 5.92. The molecule has 20 heavy (non-hydrogen) atoms. The summed E-state index contributed by atoms with van der Waals surface area (Å²) in [7, 11) is 0. The van der Waals surface area contributed by atoms with E-state index in [4.69, 9.17) is 5.11 Å². The molecule has 1 rings (SSSR count). The smallest absolute Gasteiger partial charge is 0.305 e. The van der Waals surface area contributed by atoms with E-state index in [1.165, 1.54) is 6.08 Å². The van der Waals surface area contributed by atoms with Crippen LogP contribution in [-0.2, 0) is 9.59 Å². The fourth-order valence-corrected chi connectivity index (χ4v) is 1.75. The van der Waals surface area contributed by atoms with Crippen molar-refractivity contribution in [1.29, 1.82) is 0 Å². The van der Waals surface area contributed by atoms with Crippen molar-refractivity contribution in [3.8, 4) is 0 Å². The van der Waals surface area contributed by atoms with Gasteiger partial charge in [0.2, 0.25) is 5.91 Å². The summed E-state index contributed by atoms with van der Waals surface area (Å²) >= 11 is 0. The Balaban J connectivity index is 2.61. The Labute approximate surface area is 119 Å². The molecule has 1 aromatic rings. The fourth-order valence-electron chi connectivity index (χ4n) is 1.75. The minimum absolute atomic E-state index is 0.0192. The van der Waals surface area contributed by atoms with Crippen molar-refractivity contribution in [2.24, 2.45) is 0 Å². The van der Waals surface area contributed by atoms with E-state index in [0.717, 1.165) is 18.4 Å². The van der Waals surface area contributed by atoms with Crippen LogP contribution in [0.1, 0.15) is 31.7 Å². The largest absolute Gasteiger partial charge is 0.481 e. The molecule has 1 N–H and O–H groups in total. The topological polar surface area (TPSA) is 57.6 Å². The molecule has 0 aromatic heterocycles. The van der Waals surface area contributed by atoms with Crippen molar-refractivity contribution in [1.82, 2.24) is 4.90 Å². The molecule has 0 aliphatic rings. The predicted molar refractivity (Wildman–Crippen MR) is 79.2 cm³/mol. The molecule has 0 saturated heterocycles. The molecule has 4 nitrogen and oxygen atoms in total. The van der Waals surface area contributed by atoms with Crippen LogP contribution in [0.3, 0.4) is 0 Å². The molecule has 4 heteroatoms. The van der Waals surface area contributed by atoms with Crippen LogP contribution in [0.25, 0.3) is 6.08 Å². The second kappa shape index (κ2) is 8.91. The second-order valence-electron chi connectivity index (χ2n) is 4.57. The minimum Gasteiger partial charge on any atom is -0.481 e. The highest BCUT2D eigenvalue weighted by Gasteiger charge is 2.11. The number of benzene rings is 1. The van der Waals surface area contributed by atoms with Crippen LogP contribution in [0.4, 0.5) is 0 Å². The number of carboxylic acids is 1. The quantitative estimate of drug-likeness (QED) is 0.742. The third-order valence-electron chi connectivity index (χ3n) is 2.91. The third-order valence-corrected chi connectivity index (χ3v) is 2.91. The van der Waals surface area contributed by atoms with E-state index in [2.05, 4.69) is 0 Å².